The van der Waals surface area contributed by atoms with Gasteiger partial charge in [-0.1, -0.05) is 12.1 Å². The Hall–Kier alpha value is -1.28. The van der Waals surface area contributed by atoms with Crippen molar-refractivity contribution in [2.24, 2.45) is 0 Å². The Bertz CT molecular complexity index is 560. The SMILES string of the molecule is Cc1ccc2c(C)c(C3CCCN3)[nH]c2c1C. The molecule has 3 rings (SSSR count). The number of aromatic amines is 1. The van der Waals surface area contributed by atoms with Crippen LogP contribution in [-0.2, 0) is 0 Å². The first-order valence-corrected chi connectivity index (χ1v) is 6.50. The Morgan fingerprint density at radius 2 is 1.94 bits per heavy atom. The summed E-state index contributed by atoms with van der Waals surface area (Å²) in [6.07, 6.45) is 2.54. The summed E-state index contributed by atoms with van der Waals surface area (Å²) in [4.78, 5) is 3.65. The van der Waals surface area contributed by atoms with E-state index in [4.69, 9.17) is 0 Å². The molecule has 2 N–H and O–H groups in total. The fourth-order valence-electron chi connectivity index (χ4n) is 2.94. The number of fused-ring (bicyclic) bond motifs is 1. The van der Waals surface area contributed by atoms with Crippen LogP contribution in [0.4, 0.5) is 0 Å². The zero-order valence-electron chi connectivity index (χ0n) is 10.9. The average Bonchev–Trinajstić information content (AvgIpc) is 2.92. The minimum atomic E-state index is 0.530. The standard InChI is InChI=1S/C15H20N2/c1-9-6-7-12-11(3)15(13-5-4-8-16-13)17-14(12)10(9)2/h6-7,13,16-17H,4-5,8H2,1-3H3. The maximum absolute atomic E-state index is 3.65. The predicted molar refractivity (Wildman–Crippen MR) is 72.5 cm³/mol. The van der Waals surface area contributed by atoms with Crippen LogP contribution in [-0.4, -0.2) is 11.5 Å². The molecule has 90 valence electrons. The highest BCUT2D eigenvalue weighted by atomic mass is 15.0. The summed E-state index contributed by atoms with van der Waals surface area (Å²) in [5.41, 5.74) is 6.89. The van der Waals surface area contributed by atoms with E-state index in [0.29, 0.717) is 6.04 Å². The Morgan fingerprint density at radius 3 is 2.65 bits per heavy atom. The maximum Gasteiger partial charge on any atom is 0.0491 e. The highest BCUT2D eigenvalue weighted by Gasteiger charge is 2.21. The smallest absolute Gasteiger partial charge is 0.0491 e. The number of hydrogen-bond donors (Lipinski definition) is 2. The minimum absolute atomic E-state index is 0.530. The zero-order chi connectivity index (χ0) is 12.0. The highest BCUT2D eigenvalue weighted by molar-refractivity contribution is 5.88. The molecule has 1 fully saturated rings. The lowest BCUT2D eigenvalue weighted by atomic mass is 10.0. The van der Waals surface area contributed by atoms with Crippen LogP contribution in [0.5, 0.6) is 0 Å². The van der Waals surface area contributed by atoms with E-state index in [1.54, 1.807) is 0 Å². The quantitative estimate of drug-likeness (QED) is 0.768. The van der Waals surface area contributed by atoms with E-state index in [2.05, 4.69) is 43.2 Å². The van der Waals surface area contributed by atoms with Crippen molar-refractivity contribution in [1.82, 2.24) is 10.3 Å². The van der Waals surface area contributed by atoms with Gasteiger partial charge in [0, 0.05) is 22.6 Å². The van der Waals surface area contributed by atoms with Crippen LogP contribution in [0.25, 0.3) is 10.9 Å². The zero-order valence-corrected chi connectivity index (χ0v) is 10.9. The predicted octanol–water partition coefficient (Wildman–Crippen LogP) is 3.52. The van der Waals surface area contributed by atoms with Gasteiger partial charge in [-0.25, -0.2) is 0 Å². The molecule has 1 aliphatic heterocycles. The fourth-order valence-corrected chi connectivity index (χ4v) is 2.94. The van der Waals surface area contributed by atoms with Gasteiger partial charge in [0.1, 0.15) is 0 Å². The lowest BCUT2D eigenvalue weighted by Gasteiger charge is -2.09. The van der Waals surface area contributed by atoms with Crippen molar-refractivity contribution < 1.29 is 0 Å². The minimum Gasteiger partial charge on any atom is -0.357 e. The number of nitrogens with one attached hydrogen (secondary N) is 2. The Balaban J connectivity index is 2.20. The summed E-state index contributed by atoms with van der Waals surface area (Å²) in [6.45, 7) is 7.78. The van der Waals surface area contributed by atoms with Gasteiger partial charge in [0.2, 0.25) is 0 Å². The molecule has 2 heteroatoms. The van der Waals surface area contributed by atoms with E-state index in [9.17, 15) is 0 Å². The molecular formula is C15H20N2. The molecule has 0 radical (unpaired) electrons. The van der Waals surface area contributed by atoms with Gasteiger partial charge in [-0.3, -0.25) is 0 Å². The summed E-state index contributed by atoms with van der Waals surface area (Å²) in [5.74, 6) is 0. The molecule has 0 saturated carbocycles. The van der Waals surface area contributed by atoms with Crippen molar-refractivity contribution >= 4 is 10.9 Å². The summed E-state index contributed by atoms with van der Waals surface area (Å²) in [6, 6.07) is 5.01. The second-order valence-corrected chi connectivity index (χ2v) is 5.24. The largest absolute Gasteiger partial charge is 0.357 e. The van der Waals surface area contributed by atoms with Gasteiger partial charge in [0.25, 0.3) is 0 Å². The Kier molecular flexibility index (Phi) is 2.48. The highest BCUT2D eigenvalue weighted by Crippen LogP contribution is 2.32. The van der Waals surface area contributed by atoms with Crippen LogP contribution in [0, 0.1) is 20.8 Å². The summed E-state index contributed by atoms with van der Waals surface area (Å²) < 4.78 is 0. The lowest BCUT2D eigenvalue weighted by Crippen LogP contribution is -2.13. The number of rotatable bonds is 1. The molecule has 0 aliphatic carbocycles. The molecule has 17 heavy (non-hydrogen) atoms. The van der Waals surface area contributed by atoms with Crippen LogP contribution in [0.15, 0.2) is 12.1 Å². The summed E-state index contributed by atoms with van der Waals surface area (Å²) in [7, 11) is 0. The first kappa shape index (κ1) is 10.8. The molecule has 1 atom stereocenters. The van der Waals surface area contributed by atoms with E-state index in [0.717, 1.165) is 6.54 Å². The van der Waals surface area contributed by atoms with E-state index >= 15 is 0 Å². The van der Waals surface area contributed by atoms with Gasteiger partial charge in [-0.2, -0.15) is 0 Å². The lowest BCUT2D eigenvalue weighted by molar-refractivity contribution is 0.629. The molecule has 0 spiro atoms. The number of aryl methyl sites for hydroxylation is 3. The monoisotopic (exact) mass is 228 g/mol. The van der Waals surface area contributed by atoms with Gasteiger partial charge < -0.3 is 10.3 Å². The van der Waals surface area contributed by atoms with Crippen molar-refractivity contribution in [3.05, 3.63) is 34.5 Å². The third-order valence-corrected chi connectivity index (χ3v) is 4.21. The number of H-pyrrole nitrogens is 1. The van der Waals surface area contributed by atoms with Crippen LogP contribution in [0.2, 0.25) is 0 Å². The van der Waals surface area contributed by atoms with Gasteiger partial charge in [0.05, 0.1) is 0 Å². The average molecular weight is 228 g/mol. The fraction of sp³-hybridized carbons (Fsp3) is 0.467. The molecule has 1 unspecified atom stereocenters. The molecule has 1 saturated heterocycles. The molecule has 0 amide bonds. The summed E-state index contributed by atoms with van der Waals surface area (Å²) >= 11 is 0. The number of hydrogen-bond acceptors (Lipinski definition) is 1. The third kappa shape index (κ3) is 1.59. The Labute approximate surface area is 102 Å². The number of aromatic nitrogens is 1. The van der Waals surface area contributed by atoms with Gasteiger partial charge >= 0.3 is 0 Å². The Morgan fingerprint density at radius 1 is 1.12 bits per heavy atom. The van der Waals surface area contributed by atoms with Crippen molar-refractivity contribution in [2.45, 2.75) is 39.7 Å². The third-order valence-electron chi connectivity index (χ3n) is 4.21. The van der Waals surface area contributed by atoms with Gasteiger partial charge in [0.15, 0.2) is 0 Å². The van der Waals surface area contributed by atoms with Crippen LogP contribution in [0.1, 0.15) is 41.3 Å². The van der Waals surface area contributed by atoms with E-state index in [-0.39, 0.29) is 0 Å². The van der Waals surface area contributed by atoms with Crippen molar-refractivity contribution in [3.8, 4) is 0 Å². The first-order valence-electron chi connectivity index (χ1n) is 6.50. The van der Waals surface area contributed by atoms with Crippen LogP contribution < -0.4 is 5.32 Å². The molecule has 0 bridgehead atoms. The second-order valence-electron chi connectivity index (χ2n) is 5.24. The van der Waals surface area contributed by atoms with Crippen LogP contribution >= 0.6 is 0 Å². The molecule has 1 aliphatic rings. The van der Waals surface area contributed by atoms with Crippen molar-refractivity contribution in [3.63, 3.8) is 0 Å². The number of benzene rings is 1. The summed E-state index contributed by atoms with van der Waals surface area (Å²) in [5, 5.41) is 4.96. The molecule has 1 aromatic heterocycles. The van der Waals surface area contributed by atoms with Crippen molar-refractivity contribution in [2.75, 3.05) is 6.54 Å². The van der Waals surface area contributed by atoms with E-state index in [1.165, 1.54) is 46.1 Å². The second kappa shape index (κ2) is 3.88. The van der Waals surface area contributed by atoms with Gasteiger partial charge in [-0.15, -0.1) is 0 Å². The molecule has 2 nitrogen and oxygen atoms in total. The maximum atomic E-state index is 3.65. The van der Waals surface area contributed by atoms with Gasteiger partial charge in [-0.05, 0) is 56.8 Å². The van der Waals surface area contributed by atoms with Crippen molar-refractivity contribution in [1.29, 1.82) is 0 Å². The van der Waals surface area contributed by atoms with Crippen LogP contribution in [0.3, 0.4) is 0 Å². The van der Waals surface area contributed by atoms with E-state index < -0.39 is 0 Å². The topological polar surface area (TPSA) is 27.8 Å². The molecule has 1 aromatic carbocycles. The molecule has 2 heterocycles. The first-order chi connectivity index (χ1) is 8.18. The molecule has 2 aromatic rings. The normalized spacial score (nSPS) is 20.3. The molecular weight excluding hydrogens is 208 g/mol. The van der Waals surface area contributed by atoms with E-state index in [1.807, 2.05) is 0 Å².